The van der Waals surface area contributed by atoms with Crippen LogP contribution in [-0.4, -0.2) is 76.6 Å². The van der Waals surface area contributed by atoms with Crippen LogP contribution >= 0.6 is 35.3 Å². The first-order valence-corrected chi connectivity index (χ1v) is 21.3. The number of carbonyl (C=O) groups excluding carboxylic acids is 3. The normalized spacial score (nSPS) is 10.4. The minimum Gasteiger partial charge on any atom is -0.461 e. The van der Waals surface area contributed by atoms with Gasteiger partial charge in [0.1, 0.15) is 5.69 Å². The average Bonchev–Trinajstić information content (AvgIpc) is 4.02. The maximum atomic E-state index is 11.7. The molecule has 6 aromatic rings. The molecule has 0 radical (unpaired) electrons. The summed E-state index contributed by atoms with van der Waals surface area (Å²) >= 11 is 4.10. The molecule has 326 valence electrons. The number of ether oxygens (including phenoxy) is 3. The van der Waals surface area contributed by atoms with Crippen LogP contribution in [0, 0.1) is 20.2 Å². The number of nitrogen functional groups attached to an aromatic ring is 1. The van der Waals surface area contributed by atoms with Crippen LogP contribution < -0.4 is 5.73 Å². The van der Waals surface area contributed by atoms with Crippen molar-refractivity contribution in [2.24, 2.45) is 0 Å². The molecule has 19 nitrogen and oxygen atoms in total. The number of esters is 3. The molecule has 0 aliphatic rings. The van der Waals surface area contributed by atoms with Crippen LogP contribution in [0.2, 0.25) is 0 Å². The van der Waals surface area contributed by atoms with E-state index in [0.717, 1.165) is 32.1 Å². The van der Waals surface area contributed by atoms with Crippen molar-refractivity contribution in [3.63, 3.8) is 0 Å². The number of H-pyrrole nitrogens is 1. The van der Waals surface area contributed by atoms with E-state index in [-0.39, 0.29) is 28.7 Å². The highest BCUT2D eigenvalue weighted by Gasteiger charge is 2.18. The number of anilines is 1. The summed E-state index contributed by atoms with van der Waals surface area (Å²) in [7, 11) is 0. The zero-order valence-corrected chi connectivity index (χ0v) is 36.7. The van der Waals surface area contributed by atoms with Crippen LogP contribution in [0.4, 0.5) is 17.1 Å². The number of hydrogen-bond donors (Lipinski definition) is 2. The number of aromatic nitrogens is 6. The molecule has 0 atom stereocenters. The number of benzene rings is 3. The number of aryl methyl sites for hydroxylation is 2. The van der Waals surface area contributed by atoms with E-state index < -0.39 is 21.8 Å². The molecule has 3 heterocycles. The van der Waals surface area contributed by atoms with Gasteiger partial charge in [0.2, 0.25) is 0 Å². The van der Waals surface area contributed by atoms with Crippen molar-refractivity contribution in [3.05, 3.63) is 129 Å². The number of imidazole rings is 3. The molecule has 0 bridgehead atoms. The van der Waals surface area contributed by atoms with Crippen LogP contribution in [0.15, 0.2) is 122 Å². The zero-order valence-electron chi connectivity index (χ0n) is 34.2. The van der Waals surface area contributed by atoms with Crippen LogP contribution in [0.5, 0.6) is 0 Å². The molecule has 6 rings (SSSR count). The molecule has 0 fully saturated rings. The maximum absolute atomic E-state index is 11.7. The highest BCUT2D eigenvalue weighted by molar-refractivity contribution is 7.99. The van der Waals surface area contributed by atoms with Gasteiger partial charge in [-0.15, -0.1) is 0 Å². The Morgan fingerprint density at radius 1 is 0.629 bits per heavy atom. The van der Waals surface area contributed by atoms with Gasteiger partial charge in [0.15, 0.2) is 26.9 Å². The molecule has 3 N–H and O–H groups in total. The van der Waals surface area contributed by atoms with Crippen molar-refractivity contribution in [1.82, 2.24) is 29.1 Å². The number of nitrogens with one attached hydrogen (secondary N) is 1. The molecule has 0 aliphatic carbocycles. The first-order valence-electron chi connectivity index (χ1n) is 18.9. The number of aromatic amines is 1. The van der Waals surface area contributed by atoms with E-state index in [9.17, 15) is 34.6 Å². The fourth-order valence-corrected chi connectivity index (χ4v) is 7.43. The SMILES string of the molecule is CCOC(=O)c1cn(CC)c(Sc2ccc(N)cc2)n1.CCOC(=O)c1cn(CC)c(Sc2ccc([N+](=O)[O-])cc2)n1.CCOC(=O)c1cnc(Sc2ccc([N+](=O)[O-])cc2)[nH]1. The summed E-state index contributed by atoms with van der Waals surface area (Å²) in [6.07, 6.45) is 4.76. The van der Waals surface area contributed by atoms with Gasteiger partial charge in [-0.05, 0) is 83.1 Å². The first-order chi connectivity index (χ1) is 29.8. The number of nitrogens with two attached hydrogens (primary N) is 1. The average molecular weight is 906 g/mol. The molecule has 62 heavy (non-hydrogen) atoms. The quantitative estimate of drug-likeness (QED) is 0.0303. The second-order valence-electron chi connectivity index (χ2n) is 12.0. The summed E-state index contributed by atoms with van der Waals surface area (Å²) in [5, 5.41) is 23.1. The Labute approximate surface area is 368 Å². The number of nitro groups is 2. The van der Waals surface area contributed by atoms with Crippen molar-refractivity contribution in [2.75, 3.05) is 25.6 Å². The van der Waals surface area contributed by atoms with Crippen molar-refractivity contribution in [1.29, 1.82) is 0 Å². The lowest BCUT2D eigenvalue weighted by Crippen LogP contribution is -2.04. The molecule has 0 amide bonds. The van der Waals surface area contributed by atoms with Gasteiger partial charge < -0.3 is 34.1 Å². The standard InChI is InChI=1S/C14H15N3O4S.C14H17N3O2S.C12H11N3O4S/c1-3-16-9-12(13(18)21-4-2)15-14(16)22-11-7-5-10(6-8-11)17(19)20;1-3-17-9-12(13(18)19-4-2)16-14(17)20-11-7-5-10(15)6-8-11;1-2-19-11(16)10-7-13-12(14-10)20-9-5-3-8(4-6-9)15(17)18/h5-9H,3-4H2,1-2H3;5-9H,3-4,15H2,1-2H3;3-7H,2H2,1H3,(H,13,14). The summed E-state index contributed by atoms with van der Waals surface area (Å²) in [6.45, 7) is 11.5. The van der Waals surface area contributed by atoms with E-state index in [4.69, 9.17) is 19.9 Å². The van der Waals surface area contributed by atoms with Gasteiger partial charge in [0.05, 0.1) is 35.9 Å². The van der Waals surface area contributed by atoms with Gasteiger partial charge in [-0.25, -0.2) is 29.3 Å². The fraction of sp³-hybridized carbons (Fsp3) is 0.250. The van der Waals surface area contributed by atoms with Crippen molar-refractivity contribution in [3.8, 4) is 0 Å². The van der Waals surface area contributed by atoms with E-state index in [2.05, 4.69) is 19.9 Å². The smallest absolute Gasteiger partial charge is 0.358 e. The van der Waals surface area contributed by atoms with Crippen LogP contribution in [0.25, 0.3) is 0 Å². The van der Waals surface area contributed by atoms with E-state index >= 15 is 0 Å². The molecule has 3 aromatic carbocycles. The van der Waals surface area contributed by atoms with Gasteiger partial charge in [-0.2, -0.15) is 0 Å². The zero-order chi connectivity index (χ0) is 45.2. The van der Waals surface area contributed by atoms with Gasteiger partial charge in [0.25, 0.3) is 11.4 Å². The van der Waals surface area contributed by atoms with Crippen molar-refractivity contribution >= 4 is 70.3 Å². The largest absolute Gasteiger partial charge is 0.461 e. The molecule has 0 saturated heterocycles. The molecule has 0 aliphatic heterocycles. The van der Waals surface area contributed by atoms with Crippen LogP contribution in [-0.2, 0) is 27.3 Å². The van der Waals surface area contributed by atoms with E-state index in [1.807, 2.05) is 47.2 Å². The van der Waals surface area contributed by atoms with Crippen molar-refractivity contribution < 1.29 is 38.4 Å². The predicted octanol–water partition coefficient (Wildman–Crippen LogP) is 8.60. The molecule has 22 heteroatoms. The van der Waals surface area contributed by atoms with Gasteiger partial charge in [0, 0.05) is 70.1 Å². The number of non-ortho nitro benzene ring substituents is 2. The molecular weight excluding hydrogens is 863 g/mol. The Bertz CT molecular complexity index is 2440. The highest BCUT2D eigenvalue weighted by Crippen LogP contribution is 2.30. The van der Waals surface area contributed by atoms with E-state index in [1.54, 1.807) is 57.4 Å². The first kappa shape index (κ1) is 48.0. The third kappa shape index (κ3) is 14.2. The highest BCUT2D eigenvalue weighted by atomic mass is 32.2. The Morgan fingerprint density at radius 2 is 1.02 bits per heavy atom. The summed E-state index contributed by atoms with van der Waals surface area (Å²) in [5.74, 6) is -1.31. The Morgan fingerprint density at radius 3 is 1.40 bits per heavy atom. The van der Waals surface area contributed by atoms with Gasteiger partial charge in [-0.1, -0.05) is 35.3 Å². The molecule has 0 unspecified atom stereocenters. The third-order valence-electron chi connectivity index (χ3n) is 7.79. The predicted molar refractivity (Wildman–Crippen MR) is 232 cm³/mol. The monoisotopic (exact) mass is 905 g/mol. The second kappa shape index (κ2) is 24.0. The maximum Gasteiger partial charge on any atom is 0.358 e. The lowest BCUT2D eigenvalue weighted by Gasteiger charge is -2.03. The van der Waals surface area contributed by atoms with Gasteiger partial charge >= 0.3 is 17.9 Å². The van der Waals surface area contributed by atoms with E-state index in [0.29, 0.717) is 42.4 Å². The Balaban J connectivity index is 0.000000205. The molecule has 0 spiro atoms. The second-order valence-corrected chi connectivity index (χ2v) is 15.2. The Hall–Kier alpha value is -6.65. The molecule has 0 saturated carbocycles. The number of hydrogen-bond acceptors (Lipinski definition) is 17. The van der Waals surface area contributed by atoms with Crippen molar-refractivity contribution in [2.45, 2.75) is 77.9 Å². The number of rotatable bonds is 16. The number of nitrogens with zero attached hydrogens (tertiary/aromatic N) is 7. The fourth-order valence-electron chi connectivity index (χ4n) is 4.82. The lowest BCUT2D eigenvalue weighted by molar-refractivity contribution is -0.385. The minimum atomic E-state index is -0.462. The molecule has 3 aromatic heterocycles. The topological polar surface area (TPSA) is 256 Å². The molecular formula is C40H43N9O10S3. The Kier molecular flexibility index (Phi) is 18.6. The number of carbonyl (C=O) groups is 3. The van der Waals surface area contributed by atoms with Crippen LogP contribution in [0.3, 0.4) is 0 Å². The third-order valence-corrected chi connectivity index (χ3v) is 10.7. The minimum absolute atomic E-state index is 0.0287. The summed E-state index contributed by atoms with van der Waals surface area (Å²) in [5.41, 5.74) is 7.32. The summed E-state index contributed by atoms with van der Waals surface area (Å²) < 4.78 is 18.5. The van der Waals surface area contributed by atoms with Crippen LogP contribution in [0.1, 0.15) is 66.1 Å². The number of nitro benzene ring substituents is 2. The summed E-state index contributed by atoms with van der Waals surface area (Å²) in [6, 6.07) is 19.8. The van der Waals surface area contributed by atoms with Gasteiger partial charge in [-0.3, -0.25) is 20.2 Å². The lowest BCUT2D eigenvalue weighted by atomic mass is 10.3. The van der Waals surface area contributed by atoms with E-state index in [1.165, 1.54) is 65.7 Å². The summed E-state index contributed by atoms with van der Waals surface area (Å²) in [4.78, 5) is 73.2.